The van der Waals surface area contributed by atoms with Crippen molar-refractivity contribution in [1.29, 1.82) is 0 Å². The van der Waals surface area contributed by atoms with Gasteiger partial charge in [-0.1, -0.05) is 65.8 Å². The van der Waals surface area contributed by atoms with Crippen LogP contribution in [0.5, 0.6) is 23.0 Å². The van der Waals surface area contributed by atoms with E-state index in [0.717, 1.165) is 39.5 Å². The lowest BCUT2D eigenvalue weighted by atomic mass is 9.71. The monoisotopic (exact) mass is 606 g/mol. The molecule has 42 heavy (non-hydrogen) atoms. The van der Waals surface area contributed by atoms with Crippen molar-refractivity contribution in [1.82, 2.24) is 0 Å². The fraction of sp³-hybridized carbons (Fsp3) is 0.486. The lowest BCUT2D eigenvalue weighted by molar-refractivity contribution is 0.0102. The predicted molar refractivity (Wildman–Crippen MR) is 177 cm³/mol. The van der Waals surface area contributed by atoms with Crippen molar-refractivity contribution in [3.05, 3.63) is 82.9 Å². The number of aliphatic hydroxyl groups is 1. The number of hydrogen-bond acceptors (Lipinski definition) is 5. The van der Waals surface area contributed by atoms with E-state index < -0.39 is 22.2 Å². The van der Waals surface area contributed by atoms with E-state index in [1.165, 1.54) is 0 Å². The van der Waals surface area contributed by atoms with Gasteiger partial charge in [0.1, 0.15) is 28.6 Å². The Hall–Kier alpha value is -2.75. The number of methoxy groups -OCH3 is 1. The molecule has 0 aromatic heterocycles. The summed E-state index contributed by atoms with van der Waals surface area (Å²) in [5, 5.41) is 13.0. The second-order valence-corrected chi connectivity index (χ2v) is 24.2. The molecular formula is C35H50O5Si2. The van der Waals surface area contributed by atoms with E-state index >= 15 is 0 Å². The first kappa shape index (κ1) is 32.2. The van der Waals surface area contributed by atoms with Crippen LogP contribution in [0, 0.1) is 6.92 Å². The van der Waals surface area contributed by atoms with Gasteiger partial charge in [0.15, 0.2) is 0 Å². The van der Waals surface area contributed by atoms with Crippen LogP contribution in [0.25, 0.3) is 0 Å². The maximum absolute atomic E-state index is 12.9. The molecule has 1 N–H and O–H groups in total. The minimum atomic E-state index is -2.08. The van der Waals surface area contributed by atoms with Crippen LogP contribution < -0.4 is 18.3 Å². The Bertz CT molecular complexity index is 1420. The van der Waals surface area contributed by atoms with Gasteiger partial charge in [-0.25, -0.2) is 0 Å². The van der Waals surface area contributed by atoms with Crippen molar-refractivity contribution in [2.24, 2.45) is 0 Å². The third-order valence-corrected chi connectivity index (χ3v) is 18.5. The van der Waals surface area contributed by atoms with Crippen LogP contribution in [0.3, 0.4) is 0 Å². The average Bonchev–Trinajstić information content (AvgIpc) is 2.89. The van der Waals surface area contributed by atoms with Crippen LogP contribution in [0.2, 0.25) is 36.3 Å². The molecule has 3 aromatic rings. The Kier molecular flexibility index (Phi) is 8.48. The van der Waals surface area contributed by atoms with E-state index in [2.05, 4.69) is 79.9 Å². The number of ether oxygens (including phenoxy) is 2. The quantitative estimate of drug-likeness (QED) is 0.272. The molecule has 228 valence electrons. The zero-order valence-corrected chi connectivity index (χ0v) is 29.6. The number of fused-ring (bicyclic) bond motifs is 1. The van der Waals surface area contributed by atoms with Crippen LogP contribution in [-0.4, -0.2) is 35.5 Å². The second kappa shape index (κ2) is 11.1. The zero-order valence-electron chi connectivity index (χ0n) is 27.6. The fourth-order valence-electron chi connectivity index (χ4n) is 4.96. The summed E-state index contributed by atoms with van der Waals surface area (Å²) in [6.45, 7) is 24.8. The summed E-state index contributed by atoms with van der Waals surface area (Å²) < 4.78 is 25.4. The molecule has 0 saturated carbocycles. The van der Waals surface area contributed by atoms with Gasteiger partial charge in [0.25, 0.3) is 0 Å². The normalized spacial score (nSPS) is 19.5. The Balaban J connectivity index is 1.84. The van der Waals surface area contributed by atoms with Crippen LogP contribution >= 0.6 is 0 Å². The first-order valence-electron chi connectivity index (χ1n) is 14.9. The van der Waals surface area contributed by atoms with E-state index in [-0.39, 0.29) is 16.0 Å². The van der Waals surface area contributed by atoms with Crippen LogP contribution in [0.15, 0.2) is 60.7 Å². The van der Waals surface area contributed by atoms with E-state index in [9.17, 15) is 5.11 Å². The molecule has 1 aliphatic heterocycles. The molecule has 2 unspecified atom stereocenters. The first-order valence-corrected chi connectivity index (χ1v) is 20.8. The lowest BCUT2D eigenvalue weighted by Crippen LogP contribution is -2.44. The molecule has 0 spiro atoms. The maximum Gasteiger partial charge on any atom is 0.250 e. The van der Waals surface area contributed by atoms with Crippen molar-refractivity contribution in [2.75, 3.05) is 13.7 Å². The summed E-state index contributed by atoms with van der Waals surface area (Å²) >= 11 is 0. The molecule has 0 aliphatic carbocycles. The van der Waals surface area contributed by atoms with Gasteiger partial charge in [-0.2, -0.15) is 0 Å². The van der Waals surface area contributed by atoms with Gasteiger partial charge in [0.2, 0.25) is 16.6 Å². The van der Waals surface area contributed by atoms with Crippen LogP contribution in [-0.2, 0) is 5.60 Å². The molecule has 1 heterocycles. The molecule has 7 heteroatoms. The zero-order chi connectivity index (χ0) is 31.3. The standard InChI is InChI=1S/C35H50O5Si2/c1-24-31(40-42(11,12)34(5,6)7)21-20-29-32(24)38-23-30(35(29,36)26-16-18-27(37-8)19-17-26)25-14-13-15-28(22-25)39-41(9,10)33(2,3)4/h13-22,30,36H,23H2,1-12H3. The largest absolute Gasteiger partial charge is 0.543 e. The van der Waals surface area contributed by atoms with E-state index in [1.54, 1.807) is 7.11 Å². The van der Waals surface area contributed by atoms with Gasteiger partial charge in [0.05, 0.1) is 19.6 Å². The topological polar surface area (TPSA) is 57.2 Å². The minimum absolute atomic E-state index is 0.0582. The Labute approximate surface area is 255 Å². The van der Waals surface area contributed by atoms with E-state index in [0.29, 0.717) is 12.4 Å². The van der Waals surface area contributed by atoms with Crippen molar-refractivity contribution < 1.29 is 23.4 Å². The Morgan fingerprint density at radius 2 is 1.40 bits per heavy atom. The van der Waals surface area contributed by atoms with Gasteiger partial charge in [0, 0.05) is 11.1 Å². The molecule has 1 aliphatic rings. The van der Waals surface area contributed by atoms with Crippen molar-refractivity contribution in [2.45, 2.75) is 96.2 Å². The number of hydrogen-bond donors (Lipinski definition) is 1. The van der Waals surface area contributed by atoms with Gasteiger partial charge in [-0.15, -0.1) is 0 Å². The number of benzene rings is 3. The third-order valence-electron chi connectivity index (χ3n) is 9.81. The Morgan fingerprint density at radius 3 is 1.98 bits per heavy atom. The predicted octanol–water partition coefficient (Wildman–Crippen LogP) is 9.18. The molecule has 3 aromatic carbocycles. The summed E-state index contributed by atoms with van der Waals surface area (Å²) in [7, 11) is -2.48. The minimum Gasteiger partial charge on any atom is -0.543 e. The molecule has 0 saturated heterocycles. The van der Waals surface area contributed by atoms with Crippen molar-refractivity contribution >= 4 is 16.6 Å². The SMILES string of the molecule is COc1ccc(C2(O)c3ccc(O[Si](C)(C)C(C)(C)C)c(C)c3OCC2c2cccc(O[Si](C)(C)C(C)(C)C)c2)cc1. The molecular weight excluding hydrogens is 557 g/mol. The van der Waals surface area contributed by atoms with E-state index in [1.807, 2.05) is 55.5 Å². The summed E-state index contributed by atoms with van der Waals surface area (Å²) in [5.41, 5.74) is 2.05. The lowest BCUT2D eigenvalue weighted by Gasteiger charge is -2.43. The highest BCUT2D eigenvalue weighted by molar-refractivity contribution is 6.75. The first-order chi connectivity index (χ1) is 19.3. The van der Waals surface area contributed by atoms with Crippen LogP contribution in [0.4, 0.5) is 0 Å². The summed E-state index contributed by atoms with van der Waals surface area (Å²) in [6.07, 6.45) is 0. The fourth-order valence-corrected chi connectivity index (χ4v) is 7.05. The van der Waals surface area contributed by atoms with Gasteiger partial charge >= 0.3 is 0 Å². The Morgan fingerprint density at radius 1 is 0.810 bits per heavy atom. The average molecular weight is 607 g/mol. The smallest absolute Gasteiger partial charge is 0.250 e. The van der Waals surface area contributed by atoms with Gasteiger partial charge in [-0.3, -0.25) is 0 Å². The highest BCUT2D eigenvalue weighted by Gasteiger charge is 2.48. The van der Waals surface area contributed by atoms with Crippen molar-refractivity contribution in [3.8, 4) is 23.0 Å². The summed E-state index contributed by atoms with van der Waals surface area (Å²) in [6, 6.07) is 19.9. The molecule has 0 radical (unpaired) electrons. The number of rotatable bonds is 7. The molecule has 0 fully saturated rings. The molecule has 0 bridgehead atoms. The summed E-state index contributed by atoms with van der Waals surface area (Å²) in [5.74, 6) is 2.71. The highest BCUT2D eigenvalue weighted by Crippen LogP contribution is 2.53. The molecule has 4 rings (SSSR count). The van der Waals surface area contributed by atoms with E-state index in [4.69, 9.17) is 18.3 Å². The third kappa shape index (κ3) is 5.88. The maximum atomic E-state index is 12.9. The summed E-state index contributed by atoms with van der Waals surface area (Å²) in [4.78, 5) is 0. The molecule has 5 nitrogen and oxygen atoms in total. The van der Waals surface area contributed by atoms with Crippen molar-refractivity contribution in [3.63, 3.8) is 0 Å². The highest BCUT2D eigenvalue weighted by atomic mass is 28.4. The second-order valence-electron chi connectivity index (χ2n) is 14.7. The van der Waals surface area contributed by atoms with Gasteiger partial charge < -0.3 is 23.4 Å². The molecule has 2 atom stereocenters. The van der Waals surface area contributed by atoms with Gasteiger partial charge in [-0.05, 0) is 90.7 Å². The molecule has 0 amide bonds. The van der Waals surface area contributed by atoms with Crippen LogP contribution in [0.1, 0.15) is 69.7 Å².